The minimum Gasteiger partial charge on any atom is -0.488 e. The fourth-order valence-electron chi connectivity index (χ4n) is 2.90. The normalized spacial score (nSPS) is 12.1. The van der Waals surface area contributed by atoms with Gasteiger partial charge in [0.1, 0.15) is 18.1 Å². The lowest BCUT2D eigenvalue weighted by molar-refractivity contribution is 0.182. The molecule has 2 heterocycles. The number of hydrogen-bond donors (Lipinski definition) is 1. The van der Waals surface area contributed by atoms with Crippen LogP contribution in [0.3, 0.4) is 0 Å². The first-order valence-electron chi connectivity index (χ1n) is 10.1. The Bertz CT molecular complexity index is 947. The van der Waals surface area contributed by atoms with E-state index in [2.05, 4.69) is 57.9 Å². The van der Waals surface area contributed by atoms with E-state index < -0.39 is 0 Å². The molecule has 5 heteroatoms. The molecule has 0 aliphatic heterocycles. The monoisotopic (exact) mass is 401 g/mol. The highest BCUT2D eigenvalue weighted by molar-refractivity contribution is 5.65. The average Bonchev–Trinajstić information content (AvgIpc) is 2.78. The third-order valence-electron chi connectivity index (χ3n) is 4.53. The number of unbranched alkanes of at least 4 members (excludes halogenated alkanes) is 1. The van der Waals surface area contributed by atoms with Crippen LogP contribution in [-0.2, 0) is 0 Å². The zero-order valence-electron chi connectivity index (χ0n) is 17.2. The standard InChI is InChI=1S/C25H27N3O2/c1-3-15-30-23-13-14-24(26-18-23)25-27-16-22(17-28-25)21-11-9-20(10-12-21)8-6-4-5-7-19(2)29/h3,6,8-14,16-19,29H,1,4-5,7,15H2,2H3. The van der Waals surface area contributed by atoms with E-state index in [0.29, 0.717) is 23.9 Å². The molecule has 0 fully saturated rings. The zero-order valence-corrected chi connectivity index (χ0v) is 17.2. The van der Waals surface area contributed by atoms with Crippen molar-refractivity contribution in [1.82, 2.24) is 15.0 Å². The number of aliphatic hydroxyl groups is 1. The van der Waals surface area contributed by atoms with Crippen LogP contribution in [-0.4, -0.2) is 32.8 Å². The van der Waals surface area contributed by atoms with Crippen LogP contribution >= 0.6 is 0 Å². The highest BCUT2D eigenvalue weighted by Crippen LogP contribution is 2.21. The molecular weight excluding hydrogens is 374 g/mol. The van der Waals surface area contributed by atoms with Crippen LogP contribution < -0.4 is 4.74 Å². The highest BCUT2D eigenvalue weighted by Gasteiger charge is 2.05. The Morgan fingerprint density at radius 3 is 2.40 bits per heavy atom. The van der Waals surface area contributed by atoms with Gasteiger partial charge in [-0.05, 0) is 49.4 Å². The molecule has 0 bridgehead atoms. The van der Waals surface area contributed by atoms with Gasteiger partial charge in [0.05, 0.1) is 12.3 Å². The van der Waals surface area contributed by atoms with Crippen molar-refractivity contribution in [2.75, 3.05) is 6.61 Å². The maximum Gasteiger partial charge on any atom is 0.178 e. The van der Waals surface area contributed by atoms with E-state index in [1.165, 1.54) is 0 Å². The Hall–Kier alpha value is -3.31. The minimum absolute atomic E-state index is 0.224. The first-order valence-corrected chi connectivity index (χ1v) is 10.1. The molecule has 2 aromatic heterocycles. The number of aromatic nitrogens is 3. The minimum atomic E-state index is -0.224. The number of ether oxygens (including phenoxy) is 1. The van der Waals surface area contributed by atoms with Gasteiger partial charge in [-0.25, -0.2) is 15.0 Å². The van der Waals surface area contributed by atoms with Crippen molar-refractivity contribution in [2.45, 2.75) is 32.3 Å². The second-order valence-electron chi connectivity index (χ2n) is 7.08. The maximum absolute atomic E-state index is 9.28. The summed E-state index contributed by atoms with van der Waals surface area (Å²) in [5.74, 6) is 1.26. The largest absolute Gasteiger partial charge is 0.488 e. The van der Waals surface area contributed by atoms with Crippen molar-refractivity contribution in [2.24, 2.45) is 0 Å². The molecule has 0 saturated heterocycles. The topological polar surface area (TPSA) is 68.1 Å². The molecule has 1 N–H and O–H groups in total. The van der Waals surface area contributed by atoms with E-state index in [4.69, 9.17) is 4.74 Å². The Labute approximate surface area is 177 Å². The maximum atomic E-state index is 9.28. The van der Waals surface area contributed by atoms with E-state index in [9.17, 15) is 5.11 Å². The van der Waals surface area contributed by atoms with Crippen molar-refractivity contribution in [3.8, 4) is 28.4 Å². The van der Waals surface area contributed by atoms with Crippen LogP contribution in [0.1, 0.15) is 31.7 Å². The Morgan fingerprint density at radius 1 is 1.00 bits per heavy atom. The highest BCUT2D eigenvalue weighted by atomic mass is 16.5. The van der Waals surface area contributed by atoms with Gasteiger partial charge in [-0.1, -0.05) is 49.1 Å². The third-order valence-corrected chi connectivity index (χ3v) is 4.53. The van der Waals surface area contributed by atoms with E-state index in [1.807, 2.05) is 31.5 Å². The number of nitrogens with zero attached hydrogens (tertiary/aromatic N) is 3. The molecule has 0 amide bonds. The van der Waals surface area contributed by atoms with Gasteiger partial charge >= 0.3 is 0 Å². The number of hydrogen-bond acceptors (Lipinski definition) is 5. The smallest absolute Gasteiger partial charge is 0.178 e. The molecule has 0 aliphatic rings. The van der Waals surface area contributed by atoms with Gasteiger partial charge in [0.15, 0.2) is 5.82 Å². The van der Waals surface area contributed by atoms with Crippen LogP contribution in [0.2, 0.25) is 0 Å². The van der Waals surface area contributed by atoms with Gasteiger partial charge < -0.3 is 9.84 Å². The Morgan fingerprint density at radius 2 is 1.77 bits per heavy atom. The van der Waals surface area contributed by atoms with E-state index >= 15 is 0 Å². The summed E-state index contributed by atoms with van der Waals surface area (Å²) in [7, 11) is 0. The first kappa shape index (κ1) is 21.4. The zero-order chi connectivity index (χ0) is 21.2. The van der Waals surface area contributed by atoms with Crippen LogP contribution in [0.5, 0.6) is 5.75 Å². The molecule has 0 radical (unpaired) electrons. The van der Waals surface area contributed by atoms with E-state index in [0.717, 1.165) is 36.0 Å². The summed E-state index contributed by atoms with van der Waals surface area (Å²) in [6.07, 6.45) is 13.8. The van der Waals surface area contributed by atoms with E-state index in [1.54, 1.807) is 12.3 Å². The average molecular weight is 402 g/mol. The van der Waals surface area contributed by atoms with Gasteiger partial charge in [0, 0.05) is 18.0 Å². The van der Waals surface area contributed by atoms with Crippen LogP contribution in [0.15, 0.2) is 73.7 Å². The molecule has 1 unspecified atom stereocenters. The summed E-state index contributed by atoms with van der Waals surface area (Å²) in [6.45, 7) is 5.90. The third kappa shape index (κ3) is 6.36. The number of pyridine rings is 1. The predicted molar refractivity (Wildman–Crippen MR) is 121 cm³/mol. The van der Waals surface area contributed by atoms with Crippen molar-refractivity contribution in [3.05, 3.63) is 79.3 Å². The molecular formula is C25H27N3O2. The molecule has 5 nitrogen and oxygen atoms in total. The SMILES string of the molecule is C=CCOc1ccc(-c2ncc(-c3ccc(C=CCCCC(C)O)cc3)cn2)nc1. The summed E-state index contributed by atoms with van der Waals surface area (Å²) < 4.78 is 5.44. The van der Waals surface area contributed by atoms with Crippen LogP contribution in [0.25, 0.3) is 28.7 Å². The summed E-state index contributed by atoms with van der Waals surface area (Å²) >= 11 is 0. The molecule has 0 spiro atoms. The second-order valence-corrected chi connectivity index (χ2v) is 7.08. The van der Waals surface area contributed by atoms with Crippen molar-refractivity contribution in [3.63, 3.8) is 0 Å². The number of aliphatic hydroxyl groups excluding tert-OH is 1. The molecule has 0 aliphatic carbocycles. The van der Waals surface area contributed by atoms with Crippen molar-refractivity contribution in [1.29, 1.82) is 0 Å². The predicted octanol–water partition coefficient (Wildman–Crippen LogP) is 5.33. The van der Waals surface area contributed by atoms with Gasteiger partial charge in [-0.15, -0.1) is 0 Å². The van der Waals surface area contributed by atoms with E-state index in [-0.39, 0.29) is 6.10 Å². The number of benzene rings is 1. The fourth-order valence-corrected chi connectivity index (χ4v) is 2.90. The number of allylic oxidation sites excluding steroid dienone is 1. The van der Waals surface area contributed by atoms with Gasteiger partial charge in [-0.3, -0.25) is 0 Å². The molecule has 154 valence electrons. The van der Waals surface area contributed by atoms with Gasteiger partial charge in [-0.2, -0.15) is 0 Å². The lowest BCUT2D eigenvalue weighted by Crippen LogP contribution is -1.97. The second kappa shape index (κ2) is 11.0. The van der Waals surface area contributed by atoms with Gasteiger partial charge in [0.25, 0.3) is 0 Å². The van der Waals surface area contributed by atoms with Crippen molar-refractivity contribution < 1.29 is 9.84 Å². The molecule has 30 heavy (non-hydrogen) atoms. The molecule has 1 atom stereocenters. The summed E-state index contributed by atoms with van der Waals surface area (Å²) in [5, 5.41) is 9.28. The molecule has 1 aromatic carbocycles. The summed E-state index contributed by atoms with van der Waals surface area (Å²) in [6, 6.07) is 12.0. The Kier molecular flexibility index (Phi) is 7.86. The fraction of sp³-hybridized carbons (Fsp3) is 0.240. The summed E-state index contributed by atoms with van der Waals surface area (Å²) in [5.41, 5.74) is 3.87. The Balaban J connectivity index is 1.60. The molecule has 0 saturated carbocycles. The van der Waals surface area contributed by atoms with Crippen LogP contribution in [0, 0.1) is 0 Å². The van der Waals surface area contributed by atoms with Gasteiger partial charge in [0.2, 0.25) is 0 Å². The molecule has 3 rings (SSSR count). The lowest BCUT2D eigenvalue weighted by Gasteiger charge is -2.05. The molecule has 3 aromatic rings. The summed E-state index contributed by atoms with van der Waals surface area (Å²) in [4.78, 5) is 13.3. The number of rotatable bonds is 10. The first-order chi connectivity index (χ1) is 14.7. The van der Waals surface area contributed by atoms with Crippen LogP contribution in [0.4, 0.5) is 0 Å². The van der Waals surface area contributed by atoms with Crippen molar-refractivity contribution >= 4 is 6.08 Å². The quantitative estimate of drug-likeness (QED) is 0.367. The lowest BCUT2D eigenvalue weighted by atomic mass is 10.1.